The maximum absolute atomic E-state index is 12.9. The highest BCUT2D eigenvalue weighted by molar-refractivity contribution is 5.73. The van der Waals surface area contributed by atoms with E-state index < -0.39 is 11.7 Å². The van der Waals surface area contributed by atoms with Gasteiger partial charge in [0.2, 0.25) is 0 Å². The summed E-state index contributed by atoms with van der Waals surface area (Å²) in [6, 6.07) is 3.82. The summed E-state index contributed by atoms with van der Waals surface area (Å²) in [5.74, 6) is 0.467. The van der Waals surface area contributed by atoms with Crippen molar-refractivity contribution in [1.82, 2.24) is 0 Å². The lowest BCUT2D eigenvalue weighted by molar-refractivity contribution is -0.137. The summed E-state index contributed by atoms with van der Waals surface area (Å²) in [6.45, 7) is 3.74. The van der Waals surface area contributed by atoms with Gasteiger partial charge < -0.3 is 9.15 Å². The van der Waals surface area contributed by atoms with E-state index in [4.69, 9.17) is 9.15 Å². The van der Waals surface area contributed by atoms with Gasteiger partial charge in [-0.15, -0.1) is 0 Å². The van der Waals surface area contributed by atoms with Crippen LogP contribution in [0.1, 0.15) is 11.1 Å². The summed E-state index contributed by atoms with van der Waals surface area (Å²) in [6.07, 6.45) is -1.55. The standard InChI is InChI=1S/C14H10F3O2/c1-8-4-10-5-11(14(15,16)17)6-12(13(10)19-8)9-2-3-18-7-9/h2-3,5-8H,1,4H2. The van der Waals surface area contributed by atoms with Gasteiger partial charge in [0.1, 0.15) is 11.9 Å². The van der Waals surface area contributed by atoms with Crippen LogP contribution in [0.2, 0.25) is 0 Å². The fraction of sp³-hybridized carbons (Fsp3) is 0.214. The van der Waals surface area contributed by atoms with Crippen LogP contribution in [0.15, 0.2) is 35.1 Å². The topological polar surface area (TPSA) is 22.4 Å². The second kappa shape index (κ2) is 4.05. The van der Waals surface area contributed by atoms with Crippen LogP contribution in [0.3, 0.4) is 0 Å². The van der Waals surface area contributed by atoms with E-state index in [2.05, 4.69) is 6.92 Å². The zero-order chi connectivity index (χ0) is 13.6. The Hall–Kier alpha value is -1.91. The lowest BCUT2D eigenvalue weighted by Crippen LogP contribution is -2.06. The lowest BCUT2D eigenvalue weighted by atomic mass is 9.99. The minimum Gasteiger partial charge on any atom is -0.489 e. The molecule has 0 saturated carbocycles. The third-order valence-electron chi connectivity index (χ3n) is 3.06. The van der Waals surface area contributed by atoms with Crippen molar-refractivity contribution in [3.8, 4) is 16.9 Å². The van der Waals surface area contributed by atoms with Crippen LogP contribution in [0.4, 0.5) is 13.2 Å². The van der Waals surface area contributed by atoms with Crippen LogP contribution in [0.25, 0.3) is 11.1 Å². The van der Waals surface area contributed by atoms with E-state index in [1.807, 2.05) is 0 Å². The Morgan fingerprint density at radius 3 is 2.68 bits per heavy atom. The highest BCUT2D eigenvalue weighted by atomic mass is 19.4. The Balaban J connectivity index is 2.20. The van der Waals surface area contributed by atoms with Crippen molar-refractivity contribution >= 4 is 0 Å². The number of fused-ring (bicyclic) bond motifs is 1. The molecule has 0 aliphatic carbocycles. The van der Waals surface area contributed by atoms with Crippen molar-refractivity contribution < 1.29 is 22.3 Å². The van der Waals surface area contributed by atoms with Gasteiger partial charge in [-0.2, -0.15) is 13.2 Å². The zero-order valence-electron chi connectivity index (χ0n) is 9.83. The molecule has 19 heavy (non-hydrogen) atoms. The first kappa shape index (κ1) is 12.1. The van der Waals surface area contributed by atoms with Gasteiger partial charge in [0.25, 0.3) is 0 Å². The van der Waals surface area contributed by atoms with Crippen molar-refractivity contribution in [2.45, 2.75) is 18.7 Å². The molecule has 99 valence electrons. The highest BCUT2D eigenvalue weighted by Crippen LogP contribution is 2.43. The highest BCUT2D eigenvalue weighted by Gasteiger charge is 2.34. The zero-order valence-corrected chi connectivity index (χ0v) is 9.83. The molecule has 1 aliphatic heterocycles. The average Bonchev–Trinajstić information content (AvgIpc) is 2.92. The lowest BCUT2D eigenvalue weighted by Gasteiger charge is -2.12. The molecule has 2 nitrogen and oxygen atoms in total. The predicted molar refractivity (Wildman–Crippen MR) is 62.6 cm³/mol. The third-order valence-corrected chi connectivity index (χ3v) is 3.06. The predicted octanol–water partition coefficient (Wildman–Crippen LogP) is 4.10. The monoisotopic (exact) mass is 267 g/mol. The minimum absolute atomic E-state index is 0.357. The molecule has 2 aromatic rings. The summed E-state index contributed by atoms with van der Waals surface area (Å²) < 4.78 is 49.1. The Kier molecular flexibility index (Phi) is 2.59. The molecule has 1 aromatic heterocycles. The fourth-order valence-corrected chi connectivity index (χ4v) is 2.23. The Labute approximate surface area is 107 Å². The fourth-order valence-electron chi connectivity index (χ4n) is 2.23. The first-order valence-electron chi connectivity index (χ1n) is 5.71. The average molecular weight is 267 g/mol. The van der Waals surface area contributed by atoms with Gasteiger partial charge in [-0.05, 0) is 30.7 Å². The second-order valence-electron chi connectivity index (χ2n) is 4.47. The number of alkyl halides is 3. The van der Waals surface area contributed by atoms with E-state index in [0.29, 0.717) is 28.9 Å². The van der Waals surface area contributed by atoms with Gasteiger partial charge in [0.15, 0.2) is 0 Å². The summed E-state index contributed by atoms with van der Waals surface area (Å²) in [5, 5.41) is 0. The molecule has 0 amide bonds. The number of hydrogen-bond acceptors (Lipinski definition) is 2. The summed E-state index contributed by atoms with van der Waals surface area (Å²) in [5.41, 5.74) is 0.812. The molecule has 0 fully saturated rings. The molecule has 5 heteroatoms. The molecule has 2 heterocycles. The van der Waals surface area contributed by atoms with E-state index >= 15 is 0 Å². The molecular formula is C14H10F3O2. The van der Waals surface area contributed by atoms with Crippen LogP contribution in [-0.2, 0) is 12.6 Å². The normalized spacial score (nSPS) is 18.2. The molecule has 0 spiro atoms. The van der Waals surface area contributed by atoms with Crippen LogP contribution in [0, 0.1) is 6.92 Å². The van der Waals surface area contributed by atoms with Crippen LogP contribution < -0.4 is 4.74 Å². The van der Waals surface area contributed by atoms with Crippen LogP contribution in [-0.4, -0.2) is 6.10 Å². The van der Waals surface area contributed by atoms with Gasteiger partial charge in [0, 0.05) is 17.5 Å². The third kappa shape index (κ3) is 2.09. The SMILES string of the molecule is [CH2]C1Cc2cc(C(F)(F)F)cc(-c3ccoc3)c2O1. The van der Waals surface area contributed by atoms with E-state index in [1.54, 1.807) is 6.07 Å². The molecule has 3 rings (SSSR count). The maximum atomic E-state index is 12.9. The maximum Gasteiger partial charge on any atom is 0.416 e. The smallest absolute Gasteiger partial charge is 0.416 e. The van der Waals surface area contributed by atoms with Crippen molar-refractivity contribution in [3.63, 3.8) is 0 Å². The number of ether oxygens (including phenoxy) is 1. The molecule has 1 aliphatic rings. The number of rotatable bonds is 1. The molecular weight excluding hydrogens is 257 g/mol. The van der Waals surface area contributed by atoms with Gasteiger partial charge in [-0.1, -0.05) is 0 Å². The van der Waals surface area contributed by atoms with E-state index in [0.717, 1.165) is 12.1 Å². The number of hydrogen-bond donors (Lipinski definition) is 0. The van der Waals surface area contributed by atoms with Crippen LogP contribution >= 0.6 is 0 Å². The Bertz CT molecular complexity index is 600. The van der Waals surface area contributed by atoms with Crippen molar-refractivity contribution in [2.24, 2.45) is 0 Å². The molecule has 0 N–H and O–H groups in total. The molecule has 1 aromatic carbocycles. The first-order valence-corrected chi connectivity index (χ1v) is 5.71. The summed E-state index contributed by atoms with van der Waals surface area (Å²) >= 11 is 0. The molecule has 1 radical (unpaired) electrons. The van der Waals surface area contributed by atoms with Gasteiger partial charge in [0.05, 0.1) is 18.1 Å². The van der Waals surface area contributed by atoms with Gasteiger partial charge in [-0.3, -0.25) is 0 Å². The first-order chi connectivity index (χ1) is 8.95. The van der Waals surface area contributed by atoms with Crippen molar-refractivity contribution in [3.05, 3.63) is 48.8 Å². The van der Waals surface area contributed by atoms with Crippen LogP contribution in [0.5, 0.6) is 5.75 Å². The molecule has 1 unspecified atom stereocenters. The van der Waals surface area contributed by atoms with E-state index in [-0.39, 0.29) is 6.10 Å². The van der Waals surface area contributed by atoms with Gasteiger partial charge in [-0.25, -0.2) is 0 Å². The Morgan fingerprint density at radius 2 is 2.05 bits per heavy atom. The van der Waals surface area contributed by atoms with E-state index in [9.17, 15) is 13.2 Å². The van der Waals surface area contributed by atoms with Crippen molar-refractivity contribution in [2.75, 3.05) is 0 Å². The van der Waals surface area contributed by atoms with Gasteiger partial charge >= 0.3 is 6.18 Å². The number of benzene rings is 1. The second-order valence-corrected chi connectivity index (χ2v) is 4.47. The van der Waals surface area contributed by atoms with Crippen molar-refractivity contribution in [1.29, 1.82) is 0 Å². The summed E-state index contributed by atoms with van der Waals surface area (Å²) in [4.78, 5) is 0. The largest absolute Gasteiger partial charge is 0.489 e. The summed E-state index contributed by atoms with van der Waals surface area (Å²) in [7, 11) is 0. The molecule has 0 bridgehead atoms. The molecule has 0 saturated heterocycles. The number of furan rings is 1. The number of halogens is 3. The van der Waals surface area contributed by atoms with E-state index in [1.165, 1.54) is 12.5 Å². The molecule has 1 atom stereocenters. The quantitative estimate of drug-likeness (QED) is 0.776. The minimum atomic E-state index is -4.38. The Morgan fingerprint density at radius 1 is 1.26 bits per heavy atom.